The normalized spacial score (nSPS) is 17.5. The second kappa shape index (κ2) is 11.3. The highest BCUT2D eigenvalue weighted by atomic mass is 16.7. The van der Waals surface area contributed by atoms with Gasteiger partial charge in [-0.1, -0.05) is 0 Å². The third-order valence-corrected chi connectivity index (χ3v) is 7.46. The molecule has 2 amide bonds. The van der Waals surface area contributed by atoms with E-state index in [4.69, 9.17) is 24.9 Å². The summed E-state index contributed by atoms with van der Waals surface area (Å²) in [7, 11) is 3.39. The largest absolute Gasteiger partial charge is 0.466 e. The summed E-state index contributed by atoms with van der Waals surface area (Å²) in [5.74, 6) is 0.160. The van der Waals surface area contributed by atoms with Crippen LogP contribution in [0.4, 0.5) is 10.5 Å². The minimum atomic E-state index is -0.666. The zero-order chi connectivity index (χ0) is 31.2. The summed E-state index contributed by atoms with van der Waals surface area (Å²) in [6, 6.07) is 7.42. The molecule has 228 valence electrons. The van der Waals surface area contributed by atoms with Crippen LogP contribution in [0.3, 0.4) is 0 Å². The molecule has 12 heteroatoms. The number of aryl methyl sites for hydroxylation is 2. The SMILES string of the molecule is COCOc1c(-c2nc(C(N)=O)c3cc(N4C[C@@H](C)N(C(=O)OC(C)(C)C)[C@@H](C)C4)ccc3n2)cc2cn(C)nc2c1C. The average Bonchev–Trinajstić information content (AvgIpc) is 3.30. The number of carbonyl (C=O) groups excluding carboxylic acids is 2. The number of carbonyl (C=O) groups is 2. The van der Waals surface area contributed by atoms with E-state index in [1.807, 2.05) is 79.1 Å². The lowest BCUT2D eigenvalue weighted by molar-refractivity contribution is 0.00564. The first kappa shape index (κ1) is 30.0. The van der Waals surface area contributed by atoms with Crippen LogP contribution in [0.15, 0.2) is 30.5 Å². The number of aromatic nitrogens is 4. The van der Waals surface area contributed by atoms with E-state index in [-0.39, 0.29) is 30.7 Å². The Kier molecular flexibility index (Phi) is 7.91. The van der Waals surface area contributed by atoms with Gasteiger partial charge in [0.2, 0.25) is 0 Å². The minimum absolute atomic E-state index is 0.0177. The number of hydrogen-bond acceptors (Lipinski definition) is 9. The van der Waals surface area contributed by atoms with E-state index in [9.17, 15) is 9.59 Å². The Morgan fingerprint density at radius 3 is 2.42 bits per heavy atom. The number of hydrogen-bond donors (Lipinski definition) is 1. The number of piperazine rings is 1. The Morgan fingerprint density at radius 1 is 1.09 bits per heavy atom. The van der Waals surface area contributed by atoms with Crippen molar-refractivity contribution < 1.29 is 23.8 Å². The smallest absolute Gasteiger partial charge is 0.410 e. The Balaban J connectivity index is 1.54. The van der Waals surface area contributed by atoms with Crippen LogP contribution in [-0.4, -0.2) is 81.3 Å². The zero-order valence-electron chi connectivity index (χ0n) is 26.0. The van der Waals surface area contributed by atoms with Crippen LogP contribution < -0.4 is 15.4 Å². The standard InChI is InChI=1S/C31H39N7O5/c1-17-13-37(14-18(2)38(17)30(40)43-31(4,5)6)21-9-10-24-22(12-21)26(28(32)39)34-29(33-24)23-11-20-15-36(7)35-25(20)19(3)27(23)42-16-41-8/h9-12,15,17-18H,13-14,16H2,1-8H3,(H2,32,39)/t17-,18+. The fourth-order valence-corrected chi connectivity index (χ4v) is 5.73. The lowest BCUT2D eigenvalue weighted by Crippen LogP contribution is -2.59. The molecule has 0 radical (unpaired) electrons. The summed E-state index contributed by atoms with van der Waals surface area (Å²) < 4.78 is 18.5. The summed E-state index contributed by atoms with van der Waals surface area (Å²) in [5, 5.41) is 5.98. The zero-order valence-corrected chi connectivity index (χ0v) is 26.0. The predicted octanol–water partition coefficient (Wildman–Crippen LogP) is 4.41. The molecular formula is C31H39N7O5. The predicted molar refractivity (Wildman–Crippen MR) is 164 cm³/mol. The van der Waals surface area contributed by atoms with Gasteiger partial charge in [-0.15, -0.1) is 0 Å². The van der Waals surface area contributed by atoms with Crippen molar-refractivity contribution in [3.63, 3.8) is 0 Å². The van der Waals surface area contributed by atoms with Gasteiger partial charge in [-0.2, -0.15) is 5.10 Å². The van der Waals surface area contributed by atoms with Gasteiger partial charge in [0.1, 0.15) is 17.0 Å². The van der Waals surface area contributed by atoms with Crippen molar-refractivity contribution >= 4 is 39.5 Å². The molecule has 1 aliphatic rings. The highest BCUT2D eigenvalue weighted by Gasteiger charge is 2.36. The monoisotopic (exact) mass is 589 g/mol. The summed E-state index contributed by atoms with van der Waals surface area (Å²) in [5.41, 5.74) is 9.05. The first-order chi connectivity index (χ1) is 20.3. The van der Waals surface area contributed by atoms with E-state index in [1.54, 1.807) is 16.7 Å². The Bertz CT molecular complexity index is 1700. The molecule has 43 heavy (non-hydrogen) atoms. The molecule has 4 aromatic rings. The first-order valence-corrected chi connectivity index (χ1v) is 14.2. The van der Waals surface area contributed by atoms with E-state index in [0.29, 0.717) is 41.1 Å². The molecule has 1 fully saturated rings. The third kappa shape index (κ3) is 5.92. The first-order valence-electron chi connectivity index (χ1n) is 14.2. The molecule has 2 aromatic heterocycles. The number of rotatable bonds is 6. The van der Waals surface area contributed by atoms with Gasteiger partial charge in [0.05, 0.1) is 28.7 Å². The van der Waals surface area contributed by atoms with Gasteiger partial charge < -0.3 is 24.8 Å². The Hall–Kier alpha value is -4.45. The van der Waals surface area contributed by atoms with Crippen LogP contribution >= 0.6 is 0 Å². The third-order valence-electron chi connectivity index (χ3n) is 7.46. The number of ether oxygens (including phenoxy) is 3. The molecule has 0 bridgehead atoms. The van der Waals surface area contributed by atoms with E-state index >= 15 is 0 Å². The van der Waals surface area contributed by atoms with E-state index in [1.165, 1.54) is 0 Å². The van der Waals surface area contributed by atoms with Crippen LogP contribution in [-0.2, 0) is 16.5 Å². The van der Waals surface area contributed by atoms with Crippen molar-refractivity contribution in [2.45, 2.75) is 59.2 Å². The summed E-state index contributed by atoms with van der Waals surface area (Å²) in [6.07, 6.45) is 1.58. The molecule has 5 rings (SSSR count). The van der Waals surface area contributed by atoms with Gasteiger partial charge in [0, 0.05) is 55.5 Å². The van der Waals surface area contributed by atoms with Crippen molar-refractivity contribution in [2.24, 2.45) is 12.8 Å². The fraction of sp³-hybridized carbons (Fsp3) is 0.452. The van der Waals surface area contributed by atoms with E-state index in [2.05, 4.69) is 15.0 Å². The second-order valence-corrected chi connectivity index (χ2v) is 12.1. The molecule has 0 unspecified atom stereocenters. The summed E-state index contributed by atoms with van der Waals surface area (Å²) in [4.78, 5) is 39.1. The molecule has 12 nitrogen and oxygen atoms in total. The maximum atomic E-state index is 12.9. The van der Waals surface area contributed by atoms with Crippen LogP contribution in [0.2, 0.25) is 0 Å². The molecule has 0 aliphatic carbocycles. The maximum Gasteiger partial charge on any atom is 0.410 e. The maximum absolute atomic E-state index is 12.9. The Labute approximate surface area is 250 Å². The molecule has 2 atom stereocenters. The number of nitrogens with zero attached hydrogens (tertiary/aromatic N) is 6. The van der Waals surface area contributed by atoms with E-state index in [0.717, 1.165) is 22.2 Å². The van der Waals surface area contributed by atoms with Crippen LogP contribution in [0.1, 0.15) is 50.7 Å². The molecule has 3 heterocycles. The fourth-order valence-electron chi connectivity index (χ4n) is 5.73. The van der Waals surface area contributed by atoms with Gasteiger partial charge >= 0.3 is 6.09 Å². The number of fused-ring (bicyclic) bond motifs is 2. The number of primary amides is 1. The molecule has 0 saturated carbocycles. The van der Waals surface area contributed by atoms with Crippen molar-refractivity contribution in [2.75, 3.05) is 31.9 Å². The number of benzene rings is 2. The van der Waals surface area contributed by atoms with Crippen molar-refractivity contribution in [1.29, 1.82) is 0 Å². The summed E-state index contributed by atoms with van der Waals surface area (Å²) in [6.45, 7) is 12.7. The topological polar surface area (TPSA) is 138 Å². The van der Waals surface area contributed by atoms with Crippen LogP contribution in [0.25, 0.3) is 33.2 Å². The molecule has 2 N–H and O–H groups in total. The van der Waals surface area contributed by atoms with Gasteiger partial charge in [-0.05, 0) is 65.8 Å². The van der Waals surface area contributed by atoms with Crippen molar-refractivity contribution in [3.8, 4) is 17.1 Å². The van der Waals surface area contributed by atoms with Gasteiger partial charge in [-0.25, -0.2) is 14.8 Å². The molecule has 0 spiro atoms. The lowest BCUT2D eigenvalue weighted by Gasteiger charge is -2.45. The molecule has 1 aliphatic heterocycles. The summed E-state index contributed by atoms with van der Waals surface area (Å²) >= 11 is 0. The quantitative estimate of drug-likeness (QED) is 0.324. The van der Waals surface area contributed by atoms with Crippen LogP contribution in [0.5, 0.6) is 5.75 Å². The number of methoxy groups -OCH3 is 1. The number of anilines is 1. The number of amides is 2. The Morgan fingerprint density at radius 2 is 1.79 bits per heavy atom. The minimum Gasteiger partial charge on any atom is -0.466 e. The van der Waals surface area contributed by atoms with Gasteiger partial charge in [0.25, 0.3) is 5.91 Å². The number of nitrogens with two attached hydrogens (primary N) is 1. The van der Waals surface area contributed by atoms with Gasteiger partial charge in [0.15, 0.2) is 12.6 Å². The molecular weight excluding hydrogens is 550 g/mol. The van der Waals surface area contributed by atoms with Gasteiger partial charge in [-0.3, -0.25) is 14.4 Å². The molecule has 2 aromatic carbocycles. The average molecular weight is 590 g/mol. The second-order valence-electron chi connectivity index (χ2n) is 12.1. The highest BCUT2D eigenvalue weighted by molar-refractivity contribution is 6.05. The van der Waals surface area contributed by atoms with Crippen LogP contribution in [0, 0.1) is 6.92 Å². The molecule has 1 saturated heterocycles. The highest BCUT2D eigenvalue weighted by Crippen LogP contribution is 2.38. The van der Waals surface area contributed by atoms with E-state index < -0.39 is 11.5 Å². The lowest BCUT2D eigenvalue weighted by atomic mass is 10.0. The van der Waals surface area contributed by atoms with Crippen molar-refractivity contribution in [1.82, 2.24) is 24.6 Å². The van der Waals surface area contributed by atoms with Crippen molar-refractivity contribution in [3.05, 3.63) is 41.7 Å².